The number of hydrogen-bond acceptors (Lipinski definition) is 6. The molecular formula is C17H12Cl2NO8P. The number of phosphoric ester groups is 1. The number of halogens is 2. The van der Waals surface area contributed by atoms with Crippen LogP contribution in [0.15, 0.2) is 42.2 Å². The fourth-order valence-corrected chi connectivity index (χ4v) is 3.57. The zero-order valence-corrected chi connectivity index (χ0v) is 16.9. The Morgan fingerprint density at radius 2 is 1.69 bits per heavy atom. The quantitative estimate of drug-likeness (QED) is 0.507. The van der Waals surface area contributed by atoms with Crippen molar-refractivity contribution in [3.8, 4) is 11.5 Å². The third-order valence-electron chi connectivity index (χ3n) is 3.65. The van der Waals surface area contributed by atoms with Crippen LogP contribution in [0.5, 0.6) is 11.5 Å². The van der Waals surface area contributed by atoms with E-state index in [1.807, 2.05) is 0 Å². The first kappa shape index (κ1) is 21.2. The second kappa shape index (κ2) is 8.06. The molecule has 2 aromatic rings. The number of rotatable bonds is 5. The molecule has 0 radical (unpaired) electrons. The summed E-state index contributed by atoms with van der Waals surface area (Å²) in [7, 11) is -3.39. The minimum Gasteiger partial charge on any atom is -0.497 e. The summed E-state index contributed by atoms with van der Waals surface area (Å²) in [5.41, 5.74) is 0.524. The van der Waals surface area contributed by atoms with Gasteiger partial charge in [0.25, 0.3) is 0 Å². The average Bonchev–Trinajstić information content (AvgIpc) is 2.91. The molecule has 0 saturated carbocycles. The van der Waals surface area contributed by atoms with Gasteiger partial charge in [-0.25, -0.2) is 14.3 Å². The molecule has 2 aromatic carbocycles. The molecule has 2 N–H and O–H groups in total. The third-order valence-corrected chi connectivity index (χ3v) is 4.63. The molecule has 9 nitrogen and oxygen atoms in total. The molecular weight excluding hydrogens is 448 g/mol. The van der Waals surface area contributed by atoms with Gasteiger partial charge in [-0.15, -0.1) is 0 Å². The Bertz CT molecular complexity index is 1040. The van der Waals surface area contributed by atoms with E-state index in [0.717, 1.165) is 4.90 Å². The molecule has 3 rings (SSSR count). The van der Waals surface area contributed by atoms with E-state index in [9.17, 15) is 14.2 Å². The van der Waals surface area contributed by atoms with E-state index in [1.54, 1.807) is 12.1 Å². The van der Waals surface area contributed by atoms with Crippen LogP contribution in [0.4, 0.5) is 10.5 Å². The van der Waals surface area contributed by atoms with Crippen LogP contribution in [0.1, 0.15) is 5.56 Å². The number of amides is 2. The molecule has 0 atom stereocenters. The lowest BCUT2D eigenvalue weighted by atomic mass is 10.2. The van der Waals surface area contributed by atoms with Crippen molar-refractivity contribution in [1.29, 1.82) is 0 Å². The molecule has 0 aromatic heterocycles. The highest BCUT2D eigenvalue weighted by Gasteiger charge is 2.37. The van der Waals surface area contributed by atoms with Crippen LogP contribution in [0.2, 0.25) is 10.0 Å². The Labute approximate surface area is 174 Å². The summed E-state index contributed by atoms with van der Waals surface area (Å²) in [5, 5.41) is -0.423. The van der Waals surface area contributed by atoms with Gasteiger partial charge in [-0.2, -0.15) is 0 Å². The summed E-state index contributed by atoms with van der Waals surface area (Å²) >= 11 is 11.9. The largest absolute Gasteiger partial charge is 0.524 e. The first-order chi connectivity index (χ1) is 13.6. The Hall–Kier alpha value is -2.55. The second-order valence-electron chi connectivity index (χ2n) is 5.61. The van der Waals surface area contributed by atoms with Gasteiger partial charge < -0.3 is 14.0 Å². The highest BCUT2D eigenvalue weighted by Crippen LogP contribution is 2.45. The van der Waals surface area contributed by atoms with Gasteiger partial charge in [-0.1, -0.05) is 23.2 Å². The van der Waals surface area contributed by atoms with Crippen molar-refractivity contribution in [2.24, 2.45) is 0 Å². The van der Waals surface area contributed by atoms with E-state index < -0.39 is 25.6 Å². The van der Waals surface area contributed by atoms with E-state index in [0.29, 0.717) is 5.75 Å². The molecule has 29 heavy (non-hydrogen) atoms. The number of phosphoric acid groups is 1. The van der Waals surface area contributed by atoms with Crippen LogP contribution in [-0.2, 0) is 14.1 Å². The van der Waals surface area contributed by atoms with Crippen molar-refractivity contribution in [2.45, 2.75) is 0 Å². The van der Waals surface area contributed by atoms with Crippen LogP contribution in [-0.4, -0.2) is 28.9 Å². The Kier molecular flexibility index (Phi) is 5.88. The Morgan fingerprint density at radius 3 is 2.21 bits per heavy atom. The van der Waals surface area contributed by atoms with Gasteiger partial charge in [0.2, 0.25) is 0 Å². The molecule has 12 heteroatoms. The minimum atomic E-state index is -4.88. The van der Waals surface area contributed by atoms with E-state index in [1.165, 1.54) is 37.5 Å². The van der Waals surface area contributed by atoms with Crippen LogP contribution in [0.25, 0.3) is 6.08 Å². The maximum Gasteiger partial charge on any atom is 0.524 e. The number of benzene rings is 2. The molecule has 1 saturated heterocycles. The number of methoxy groups -OCH3 is 1. The number of imide groups is 1. The second-order valence-corrected chi connectivity index (χ2v) is 7.59. The fraction of sp³-hybridized carbons (Fsp3) is 0.0588. The molecule has 0 unspecified atom stereocenters. The van der Waals surface area contributed by atoms with Crippen molar-refractivity contribution >= 4 is 54.8 Å². The zero-order chi connectivity index (χ0) is 21.3. The van der Waals surface area contributed by atoms with Crippen molar-refractivity contribution in [3.05, 3.63) is 57.8 Å². The molecule has 1 fully saturated rings. The summed E-state index contributed by atoms with van der Waals surface area (Å²) < 4.78 is 25.5. The van der Waals surface area contributed by atoms with E-state index in [-0.39, 0.29) is 27.1 Å². The molecule has 1 aliphatic rings. The Morgan fingerprint density at radius 1 is 1.10 bits per heavy atom. The number of ether oxygens (including phenoxy) is 2. The topological polar surface area (TPSA) is 123 Å². The molecule has 1 heterocycles. The van der Waals surface area contributed by atoms with Gasteiger partial charge in [-0.3, -0.25) is 14.6 Å². The lowest BCUT2D eigenvalue weighted by molar-refractivity contribution is -0.114. The lowest BCUT2D eigenvalue weighted by Crippen LogP contribution is -2.28. The van der Waals surface area contributed by atoms with Gasteiger partial charge in [0.15, 0.2) is 11.5 Å². The minimum absolute atomic E-state index is 0.212. The summed E-state index contributed by atoms with van der Waals surface area (Å²) in [6.45, 7) is 0. The SMILES string of the molecule is COc1ccc(N2C(=O)OC(=Cc3cc(Cl)c(OP(=O)(O)O)c(Cl)c3)C2=O)cc1. The average molecular weight is 460 g/mol. The van der Waals surface area contributed by atoms with Crippen molar-refractivity contribution in [2.75, 3.05) is 12.0 Å². The first-order valence-corrected chi connectivity index (χ1v) is 10.0. The number of nitrogens with zero attached hydrogens (tertiary/aromatic N) is 1. The van der Waals surface area contributed by atoms with Crippen LogP contribution in [0, 0.1) is 0 Å². The van der Waals surface area contributed by atoms with E-state index in [2.05, 4.69) is 4.52 Å². The molecule has 0 aliphatic carbocycles. The van der Waals surface area contributed by atoms with Gasteiger partial charge in [0, 0.05) is 0 Å². The first-order valence-electron chi connectivity index (χ1n) is 7.75. The molecule has 0 bridgehead atoms. The smallest absolute Gasteiger partial charge is 0.497 e. The normalized spacial score (nSPS) is 15.6. The van der Waals surface area contributed by atoms with Gasteiger partial charge in [0.1, 0.15) is 5.75 Å². The molecule has 152 valence electrons. The lowest BCUT2D eigenvalue weighted by Gasteiger charge is -2.11. The number of carbonyl (C=O) groups excluding carboxylic acids is 2. The maximum absolute atomic E-state index is 12.6. The third kappa shape index (κ3) is 4.72. The highest BCUT2D eigenvalue weighted by atomic mass is 35.5. The van der Waals surface area contributed by atoms with Gasteiger partial charge in [-0.05, 0) is 48.0 Å². The molecule has 0 spiro atoms. The van der Waals surface area contributed by atoms with Crippen LogP contribution < -0.4 is 14.2 Å². The maximum atomic E-state index is 12.6. The standard InChI is InChI=1S/C17H12Cl2NO8P/c1-26-11-4-2-10(3-5-11)20-16(21)14(27-17(20)22)8-9-6-12(18)15(13(19)7-9)28-29(23,24)25/h2-8H,1H3,(H2,23,24,25). The summed E-state index contributed by atoms with van der Waals surface area (Å²) in [6.07, 6.45) is 0.313. The van der Waals surface area contributed by atoms with Crippen molar-refractivity contribution in [3.63, 3.8) is 0 Å². The number of hydrogen-bond donors (Lipinski definition) is 2. The predicted octanol–water partition coefficient (Wildman–Crippen LogP) is 4.00. The van der Waals surface area contributed by atoms with E-state index >= 15 is 0 Å². The summed E-state index contributed by atoms with van der Waals surface area (Å²) in [4.78, 5) is 43.4. The molecule has 2 amide bonds. The van der Waals surface area contributed by atoms with Gasteiger partial charge in [0.05, 0.1) is 22.8 Å². The number of anilines is 1. The van der Waals surface area contributed by atoms with Crippen molar-refractivity contribution < 1.29 is 37.9 Å². The number of carbonyl (C=O) groups is 2. The zero-order valence-electron chi connectivity index (χ0n) is 14.5. The van der Waals surface area contributed by atoms with Crippen LogP contribution >= 0.6 is 31.0 Å². The predicted molar refractivity (Wildman–Crippen MR) is 104 cm³/mol. The highest BCUT2D eigenvalue weighted by molar-refractivity contribution is 7.46. The summed E-state index contributed by atoms with van der Waals surface area (Å²) in [6, 6.07) is 8.67. The summed E-state index contributed by atoms with van der Waals surface area (Å²) in [5.74, 6) is -0.880. The van der Waals surface area contributed by atoms with Crippen molar-refractivity contribution in [1.82, 2.24) is 0 Å². The van der Waals surface area contributed by atoms with Gasteiger partial charge >= 0.3 is 19.8 Å². The fourth-order valence-electron chi connectivity index (χ4n) is 2.44. The monoisotopic (exact) mass is 459 g/mol. The van der Waals surface area contributed by atoms with E-state index in [4.69, 9.17) is 42.5 Å². The number of cyclic esters (lactones) is 1. The Balaban J connectivity index is 1.90. The van der Waals surface area contributed by atoms with Crippen LogP contribution in [0.3, 0.4) is 0 Å². The molecule has 1 aliphatic heterocycles.